The molecule has 0 atom stereocenters. The van der Waals surface area contributed by atoms with Crippen LogP contribution in [-0.4, -0.2) is 36.5 Å². The molecular weight excluding hydrogens is 477 g/mol. The smallest absolute Gasteiger partial charge is 0.349 e. The van der Waals surface area contributed by atoms with Crippen molar-refractivity contribution in [2.75, 3.05) is 0 Å². The zero-order valence-electron chi connectivity index (χ0n) is 20.7. The molecule has 1 saturated carbocycles. The Balaban J connectivity index is 1.61. The van der Waals surface area contributed by atoms with Gasteiger partial charge in [0.15, 0.2) is 5.78 Å². The highest BCUT2D eigenvalue weighted by Gasteiger charge is 2.22. The summed E-state index contributed by atoms with van der Waals surface area (Å²) in [7, 11) is 0. The number of hydrogen-bond acceptors (Lipinski definition) is 5. The van der Waals surface area contributed by atoms with E-state index in [1.807, 2.05) is 0 Å². The van der Waals surface area contributed by atoms with Crippen LogP contribution in [0.5, 0.6) is 0 Å². The minimum atomic E-state index is -0.616. The number of aromatic nitrogens is 4. The summed E-state index contributed by atoms with van der Waals surface area (Å²) in [5, 5.41) is 7.65. The average molecular weight is 506 g/mol. The first-order valence-electron chi connectivity index (χ1n) is 12.5. The highest BCUT2D eigenvalue weighted by atomic mass is 19.1. The zero-order valence-corrected chi connectivity index (χ0v) is 20.7. The van der Waals surface area contributed by atoms with Gasteiger partial charge in [-0.2, -0.15) is 0 Å². The fraction of sp³-hybridized carbons (Fsp3) is 0.370. The van der Waals surface area contributed by atoms with Gasteiger partial charge in [0.05, 0.1) is 10.9 Å². The second kappa shape index (κ2) is 9.76. The third kappa shape index (κ3) is 4.59. The molecule has 1 aliphatic carbocycles. The van der Waals surface area contributed by atoms with Gasteiger partial charge < -0.3 is 5.32 Å². The van der Waals surface area contributed by atoms with Crippen molar-refractivity contribution in [1.82, 2.24) is 24.1 Å². The lowest BCUT2D eigenvalue weighted by Crippen LogP contribution is -2.36. The minimum Gasteiger partial charge on any atom is -0.349 e. The number of fused-ring (bicyclic) bond motifs is 3. The van der Waals surface area contributed by atoms with Crippen LogP contribution in [0.4, 0.5) is 4.39 Å². The first-order chi connectivity index (χ1) is 17.7. The molecule has 0 spiro atoms. The van der Waals surface area contributed by atoms with Gasteiger partial charge in [0, 0.05) is 23.2 Å². The monoisotopic (exact) mass is 505 g/mol. The molecular formula is C27H28FN5O4. The van der Waals surface area contributed by atoms with E-state index in [0.29, 0.717) is 5.56 Å². The molecule has 2 aromatic carbocycles. The first kappa shape index (κ1) is 24.6. The molecule has 1 fully saturated rings. The van der Waals surface area contributed by atoms with Crippen molar-refractivity contribution in [2.45, 2.75) is 64.6 Å². The second-order valence-corrected chi connectivity index (χ2v) is 9.81. The quantitative estimate of drug-likeness (QED) is 0.404. The summed E-state index contributed by atoms with van der Waals surface area (Å²) in [6.45, 7) is 3.21. The third-order valence-electron chi connectivity index (χ3n) is 6.90. The number of Topliss-reactive ketones (excluding diaryl/α,β-unsaturated/α-hetero) is 1. The summed E-state index contributed by atoms with van der Waals surface area (Å²) < 4.78 is 16.9. The van der Waals surface area contributed by atoms with Crippen molar-refractivity contribution in [1.29, 1.82) is 0 Å². The molecule has 0 aliphatic heterocycles. The van der Waals surface area contributed by atoms with Gasteiger partial charge in [0.25, 0.3) is 11.5 Å². The molecule has 1 aliphatic rings. The van der Waals surface area contributed by atoms with Crippen molar-refractivity contribution in [3.63, 3.8) is 0 Å². The molecule has 192 valence electrons. The summed E-state index contributed by atoms with van der Waals surface area (Å²) in [6.07, 6.45) is 5.17. The molecule has 1 amide bonds. The van der Waals surface area contributed by atoms with E-state index in [9.17, 15) is 23.6 Å². The molecule has 2 aromatic heterocycles. The van der Waals surface area contributed by atoms with Gasteiger partial charge in [-0.1, -0.05) is 19.3 Å². The highest BCUT2D eigenvalue weighted by Crippen LogP contribution is 2.20. The Kier molecular flexibility index (Phi) is 6.49. The van der Waals surface area contributed by atoms with Gasteiger partial charge in [-0.15, -0.1) is 5.10 Å². The van der Waals surface area contributed by atoms with E-state index in [4.69, 9.17) is 0 Å². The lowest BCUT2D eigenvalue weighted by atomic mass is 9.95. The van der Waals surface area contributed by atoms with Gasteiger partial charge in [-0.25, -0.2) is 18.3 Å². The maximum Gasteiger partial charge on any atom is 0.352 e. The van der Waals surface area contributed by atoms with Crippen LogP contribution in [0.2, 0.25) is 0 Å². The highest BCUT2D eigenvalue weighted by molar-refractivity contribution is 5.98. The van der Waals surface area contributed by atoms with E-state index in [2.05, 4.69) is 10.4 Å². The number of carbonyl (C=O) groups is 2. The van der Waals surface area contributed by atoms with E-state index in [1.54, 1.807) is 26.0 Å². The van der Waals surface area contributed by atoms with Crippen LogP contribution in [0.1, 0.15) is 72.7 Å². The number of halogens is 1. The van der Waals surface area contributed by atoms with Crippen LogP contribution in [-0.2, 0) is 6.54 Å². The molecule has 0 radical (unpaired) electrons. The zero-order chi connectivity index (χ0) is 26.3. The number of rotatable bonds is 6. The number of hydrogen-bond donors (Lipinski definition) is 1. The Hall–Kier alpha value is -4.08. The first-order valence-corrected chi connectivity index (χ1v) is 12.5. The largest absolute Gasteiger partial charge is 0.352 e. The number of ketones is 1. The fourth-order valence-electron chi connectivity index (χ4n) is 4.97. The predicted molar refractivity (Wildman–Crippen MR) is 137 cm³/mol. The van der Waals surface area contributed by atoms with Crippen LogP contribution < -0.4 is 16.6 Å². The third-order valence-corrected chi connectivity index (χ3v) is 6.90. The fourth-order valence-corrected chi connectivity index (χ4v) is 4.97. The molecule has 4 aromatic rings. The SMILES string of the molecule is CC(C)n1c(=O)c2ccc(C(=O)NC3CCCCC3)cc2n2c(=O)n(CC(=O)c3ccc(F)cc3)nc12. The van der Waals surface area contributed by atoms with E-state index >= 15 is 0 Å². The lowest BCUT2D eigenvalue weighted by molar-refractivity contribution is 0.0926. The number of nitrogens with one attached hydrogen (secondary N) is 1. The molecule has 0 saturated heterocycles. The summed E-state index contributed by atoms with van der Waals surface area (Å²) in [4.78, 5) is 52.6. The average Bonchev–Trinajstić information content (AvgIpc) is 3.19. The Bertz CT molecular complexity index is 1630. The topological polar surface area (TPSA) is 107 Å². The number of benzene rings is 2. The predicted octanol–water partition coefficient (Wildman–Crippen LogP) is 3.48. The number of carbonyl (C=O) groups excluding carboxylic acids is 2. The summed E-state index contributed by atoms with van der Waals surface area (Å²) in [5.41, 5.74) is -0.145. The van der Waals surface area contributed by atoms with Crippen LogP contribution in [0, 0.1) is 5.82 Å². The van der Waals surface area contributed by atoms with E-state index in [-0.39, 0.29) is 52.3 Å². The van der Waals surface area contributed by atoms with Gasteiger partial charge in [0.2, 0.25) is 5.78 Å². The molecule has 0 unspecified atom stereocenters. The van der Waals surface area contributed by atoms with Crippen molar-refractivity contribution in [3.8, 4) is 0 Å². The molecule has 9 nitrogen and oxygen atoms in total. The lowest BCUT2D eigenvalue weighted by Gasteiger charge is -2.22. The normalized spacial score (nSPS) is 14.5. The maximum atomic E-state index is 13.5. The van der Waals surface area contributed by atoms with Crippen LogP contribution >= 0.6 is 0 Å². The Labute approximate surface area is 211 Å². The Morgan fingerprint density at radius 3 is 2.38 bits per heavy atom. The summed E-state index contributed by atoms with van der Waals surface area (Å²) in [6, 6.07) is 9.48. The van der Waals surface area contributed by atoms with Crippen molar-refractivity contribution < 1.29 is 14.0 Å². The van der Waals surface area contributed by atoms with Crippen LogP contribution in [0.15, 0.2) is 52.1 Å². The van der Waals surface area contributed by atoms with Gasteiger partial charge in [0.1, 0.15) is 12.4 Å². The standard InChI is InChI=1S/C27H28FN5O4/c1-16(2)32-25(36)21-13-10-18(24(35)29-20-6-4-3-5-7-20)14-22(21)33-26(32)30-31(27(33)37)15-23(34)17-8-11-19(28)12-9-17/h8-14,16,20H,3-7,15H2,1-2H3,(H,29,35). The van der Waals surface area contributed by atoms with E-state index in [1.165, 1.54) is 45.7 Å². The number of amides is 1. The summed E-state index contributed by atoms with van der Waals surface area (Å²) >= 11 is 0. The van der Waals surface area contributed by atoms with Crippen LogP contribution in [0.3, 0.4) is 0 Å². The molecule has 10 heteroatoms. The number of nitrogens with zero attached hydrogens (tertiary/aromatic N) is 4. The van der Waals surface area contributed by atoms with E-state index < -0.39 is 17.3 Å². The van der Waals surface area contributed by atoms with Gasteiger partial charge in [-0.3, -0.25) is 19.0 Å². The molecule has 0 bridgehead atoms. The molecule has 37 heavy (non-hydrogen) atoms. The van der Waals surface area contributed by atoms with Gasteiger partial charge >= 0.3 is 5.69 Å². The van der Waals surface area contributed by atoms with Crippen molar-refractivity contribution in [2.24, 2.45) is 0 Å². The molecule has 1 N–H and O–H groups in total. The van der Waals surface area contributed by atoms with Gasteiger partial charge in [-0.05, 0) is 69.2 Å². The second-order valence-electron chi connectivity index (χ2n) is 9.81. The maximum absolute atomic E-state index is 13.5. The van der Waals surface area contributed by atoms with Crippen LogP contribution in [0.25, 0.3) is 16.7 Å². The Morgan fingerprint density at radius 2 is 1.70 bits per heavy atom. The minimum absolute atomic E-state index is 0.0780. The van der Waals surface area contributed by atoms with E-state index in [0.717, 1.165) is 30.4 Å². The molecule has 2 heterocycles. The van der Waals surface area contributed by atoms with Crippen molar-refractivity contribution >= 4 is 28.4 Å². The van der Waals surface area contributed by atoms with Crippen molar-refractivity contribution in [3.05, 3.63) is 80.2 Å². The Morgan fingerprint density at radius 1 is 1.03 bits per heavy atom. The molecule has 5 rings (SSSR count). The summed E-state index contributed by atoms with van der Waals surface area (Å²) in [5.74, 6) is -1.09.